The van der Waals surface area contributed by atoms with Gasteiger partial charge in [-0.3, -0.25) is 14.4 Å². The second-order valence-corrected chi connectivity index (χ2v) is 10.6. The van der Waals surface area contributed by atoms with Crippen molar-refractivity contribution in [2.75, 3.05) is 4.90 Å². The fraction of sp³-hybridized carbons (Fsp3) is 0.147. The van der Waals surface area contributed by atoms with Crippen LogP contribution < -0.4 is 4.90 Å². The summed E-state index contributed by atoms with van der Waals surface area (Å²) >= 11 is 0. The Morgan fingerprint density at radius 1 is 0.821 bits per heavy atom. The molecule has 5 heteroatoms. The molecule has 0 saturated carbocycles. The Labute approximate surface area is 225 Å². The van der Waals surface area contributed by atoms with Gasteiger partial charge in [-0.15, -0.1) is 0 Å². The first-order valence-corrected chi connectivity index (χ1v) is 13.0. The van der Waals surface area contributed by atoms with Crippen LogP contribution >= 0.6 is 0 Å². The number of fused-ring (bicyclic) bond motifs is 5. The van der Waals surface area contributed by atoms with E-state index < -0.39 is 29.2 Å². The maximum atomic E-state index is 14.6. The zero-order valence-corrected chi connectivity index (χ0v) is 21.2. The molecular formula is C34H24FNO3. The summed E-state index contributed by atoms with van der Waals surface area (Å²) in [7, 11) is 0. The number of carbonyl (C=O) groups is 3. The molecule has 0 radical (unpaired) electrons. The minimum absolute atomic E-state index is 0.189. The molecule has 3 aliphatic rings. The van der Waals surface area contributed by atoms with Crippen molar-refractivity contribution in [3.63, 3.8) is 0 Å². The lowest BCUT2D eigenvalue weighted by Gasteiger charge is -2.37. The Balaban J connectivity index is 1.56. The number of benzene rings is 4. The Kier molecular flexibility index (Phi) is 5.08. The summed E-state index contributed by atoms with van der Waals surface area (Å²) in [6.07, 6.45) is 3.84. The minimum atomic E-state index is -1.59. The van der Waals surface area contributed by atoms with Gasteiger partial charge in [0.05, 0.1) is 6.04 Å². The van der Waals surface area contributed by atoms with Crippen molar-refractivity contribution in [1.29, 1.82) is 0 Å². The molecule has 0 N–H and O–H groups in total. The summed E-state index contributed by atoms with van der Waals surface area (Å²) < 4.78 is 14.1. The zero-order valence-electron chi connectivity index (χ0n) is 21.2. The molecule has 4 aromatic rings. The van der Waals surface area contributed by atoms with Gasteiger partial charge < -0.3 is 4.90 Å². The van der Waals surface area contributed by atoms with Crippen molar-refractivity contribution in [3.8, 4) is 0 Å². The van der Waals surface area contributed by atoms with Crippen LogP contribution in [0.25, 0.3) is 6.08 Å². The molecule has 2 aliphatic heterocycles. The van der Waals surface area contributed by atoms with E-state index in [4.69, 9.17) is 0 Å². The molecule has 4 aromatic carbocycles. The van der Waals surface area contributed by atoms with Crippen molar-refractivity contribution in [2.45, 2.75) is 24.9 Å². The summed E-state index contributed by atoms with van der Waals surface area (Å²) in [6.45, 7) is 1.98. The van der Waals surface area contributed by atoms with Gasteiger partial charge in [-0.1, -0.05) is 91.0 Å². The Bertz CT molecular complexity index is 1670. The van der Waals surface area contributed by atoms with Crippen molar-refractivity contribution in [3.05, 3.63) is 142 Å². The zero-order chi connectivity index (χ0) is 26.9. The molecule has 1 fully saturated rings. The number of hydrogen-bond donors (Lipinski definition) is 0. The highest BCUT2D eigenvalue weighted by atomic mass is 19.1. The van der Waals surface area contributed by atoms with Gasteiger partial charge in [0.2, 0.25) is 0 Å². The lowest BCUT2D eigenvalue weighted by atomic mass is 9.64. The molecule has 39 heavy (non-hydrogen) atoms. The third kappa shape index (κ3) is 3.13. The van der Waals surface area contributed by atoms with Gasteiger partial charge in [0.1, 0.15) is 17.3 Å². The summed E-state index contributed by atoms with van der Waals surface area (Å²) in [5, 5.41) is 0. The van der Waals surface area contributed by atoms with E-state index in [9.17, 15) is 18.8 Å². The predicted octanol–water partition coefficient (Wildman–Crippen LogP) is 6.45. The van der Waals surface area contributed by atoms with E-state index in [1.807, 2.05) is 48.2 Å². The van der Waals surface area contributed by atoms with Crippen molar-refractivity contribution in [2.24, 2.45) is 5.41 Å². The summed E-state index contributed by atoms with van der Waals surface area (Å²) in [5.41, 5.74) is 2.93. The van der Waals surface area contributed by atoms with Crippen LogP contribution in [-0.2, 0) is 0 Å². The topological polar surface area (TPSA) is 54.5 Å². The average molecular weight is 514 g/mol. The molecule has 1 unspecified atom stereocenters. The molecule has 0 amide bonds. The molecule has 2 heterocycles. The largest absolute Gasteiger partial charge is 0.352 e. The van der Waals surface area contributed by atoms with Crippen LogP contribution in [0.4, 0.5) is 10.1 Å². The van der Waals surface area contributed by atoms with Crippen LogP contribution in [-0.4, -0.2) is 29.4 Å². The first kappa shape index (κ1) is 23.5. The van der Waals surface area contributed by atoms with Crippen LogP contribution in [0.3, 0.4) is 0 Å². The lowest BCUT2D eigenvalue weighted by Crippen LogP contribution is -2.48. The predicted molar refractivity (Wildman–Crippen MR) is 148 cm³/mol. The molecule has 0 aromatic heterocycles. The Morgan fingerprint density at radius 3 is 2.13 bits per heavy atom. The highest BCUT2D eigenvalue weighted by Gasteiger charge is 2.71. The molecule has 4 nitrogen and oxygen atoms in total. The monoisotopic (exact) mass is 513 g/mol. The fourth-order valence-electron chi connectivity index (χ4n) is 6.89. The van der Waals surface area contributed by atoms with Crippen LogP contribution in [0.5, 0.6) is 0 Å². The molecule has 7 rings (SSSR count). The first-order chi connectivity index (χ1) is 18.9. The fourth-order valence-corrected chi connectivity index (χ4v) is 6.89. The van der Waals surface area contributed by atoms with E-state index in [2.05, 4.69) is 0 Å². The number of anilines is 1. The molecule has 1 aliphatic carbocycles. The molecule has 1 spiro atoms. The Hall–Kier alpha value is -4.64. The summed E-state index contributed by atoms with van der Waals surface area (Å²) in [5.74, 6) is -2.05. The van der Waals surface area contributed by atoms with Gasteiger partial charge in [0, 0.05) is 28.3 Å². The van der Waals surface area contributed by atoms with Crippen LogP contribution in [0.15, 0.2) is 103 Å². The van der Waals surface area contributed by atoms with Crippen LogP contribution in [0, 0.1) is 18.2 Å². The standard InChI is InChI=1S/C34H24FNO3/c1-20-11-12-21-15-18-28-34(32(38)25-9-5-6-10-26(25)33(34)39)29(22-13-16-24(35)17-14-22)30(36(28)27(21)19-20)31(37)23-7-3-2-4-8-23/h2-19,28-30H,1H3/t28?,29-,30+/m0/s1. The smallest absolute Gasteiger partial charge is 0.185 e. The first-order valence-electron chi connectivity index (χ1n) is 13.0. The maximum absolute atomic E-state index is 14.6. The Morgan fingerprint density at radius 2 is 1.46 bits per heavy atom. The lowest BCUT2D eigenvalue weighted by molar-refractivity contribution is 0.0666. The normalized spacial score (nSPS) is 22.1. The minimum Gasteiger partial charge on any atom is -0.352 e. The van der Waals surface area contributed by atoms with Crippen molar-refractivity contribution >= 4 is 29.1 Å². The second kappa shape index (κ2) is 8.43. The van der Waals surface area contributed by atoms with Gasteiger partial charge in [0.15, 0.2) is 17.3 Å². The number of ketones is 3. The van der Waals surface area contributed by atoms with Crippen molar-refractivity contribution in [1.82, 2.24) is 0 Å². The number of carbonyl (C=O) groups excluding carboxylic acids is 3. The van der Waals surface area contributed by atoms with Gasteiger partial charge in [-0.05, 0) is 41.8 Å². The quantitative estimate of drug-likeness (QED) is 0.233. The van der Waals surface area contributed by atoms with E-state index >= 15 is 0 Å². The molecule has 1 saturated heterocycles. The number of Topliss-reactive ketones (excluding diaryl/α,β-unsaturated/α-hetero) is 3. The summed E-state index contributed by atoms with van der Waals surface area (Å²) in [4.78, 5) is 45.6. The van der Waals surface area contributed by atoms with Crippen LogP contribution in [0.1, 0.15) is 53.7 Å². The third-order valence-corrected chi connectivity index (χ3v) is 8.52. The van der Waals surface area contributed by atoms with Gasteiger partial charge in [-0.2, -0.15) is 0 Å². The SMILES string of the molecule is Cc1ccc2c(c1)N1C(C=C2)C2(C(=O)c3ccccc3C2=O)[C@@H](c2ccc(F)cc2)[C@@H]1C(=O)c1ccccc1. The molecule has 190 valence electrons. The van der Waals surface area contributed by atoms with Crippen LogP contribution in [0.2, 0.25) is 0 Å². The van der Waals surface area contributed by atoms with E-state index in [0.717, 1.165) is 16.8 Å². The number of halogens is 1. The average Bonchev–Trinajstić information content (AvgIpc) is 3.40. The van der Waals surface area contributed by atoms with E-state index in [1.165, 1.54) is 12.1 Å². The molecule has 0 bridgehead atoms. The maximum Gasteiger partial charge on any atom is 0.185 e. The molecular weight excluding hydrogens is 489 g/mol. The van der Waals surface area contributed by atoms with E-state index in [1.54, 1.807) is 60.7 Å². The highest BCUT2D eigenvalue weighted by Crippen LogP contribution is 2.61. The van der Waals surface area contributed by atoms with Gasteiger partial charge >= 0.3 is 0 Å². The van der Waals surface area contributed by atoms with E-state index in [-0.39, 0.29) is 17.3 Å². The molecule has 3 atom stereocenters. The summed E-state index contributed by atoms with van der Waals surface area (Å²) in [6, 6.07) is 26.1. The van der Waals surface area contributed by atoms with Gasteiger partial charge in [0.25, 0.3) is 0 Å². The third-order valence-electron chi connectivity index (χ3n) is 8.52. The number of rotatable bonds is 3. The second-order valence-electron chi connectivity index (χ2n) is 10.6. The number of hydrogen-bond acceptors (Lipinski definition) is 4. The van der Waals surface area contributed by atoms with E-state index in [0.29, 0.717) is 22.3 Å². The number of aryl methyl sites for hydroxylation is 1. The van der Waals surface area contributed by atoms with Gasteiger partial charge in [-0.25, -0.2) is 4.39 Å². The van der Waals surface area contributed by atoms with Crippen molar-refractivity contribution < 1.29 is 18.8 Å². The highest BCUT2D eigenvalue weighted by molar-refractivity contribution is 6.32. The number of nitrogens with zero attached hydrogens (tertiary/aromatic N) is 1.